The summed E-state index contributed by atoms with van der Waals surface area (Å²) in [5.41, 5.74) is 0.316. The number of piperazine rings is 1. The third-order valence-electron chi connectivity index (χ3n) is 4.26. The maximum absolute atomic E-state index is 12.5. The van der Waals surface area contributed by atoms with E-state index in [9.17, 15) is 14.9 Å². The molecule has 2 fully saturated rings. The van der Waals surface area contributed by atoms with E-state index in [4.69, 9.17) is 0 Å². The van der Waals surface area contributed by atoms with Gasteiger partial charge in [0.2, 0.25) is 0 Å². The monoisotopic (exact) mass is 353 g/mol. The molecule has 2 aliphatic heterocycles. The summed E-state index contributed by atoms with van der Waals surface area (Å²) in [6.07, 6.45) is 2.32. The van der Waals surface area contributed by atoms with Crippen LogP contribution in [0.1, 0.15) is 23.2 Å². The van der Waals surface area contributed by atoms with E-state index >= 15 is 0 Å². The molecule has 0 radical (unpaired) electrons. The largest absolute Gasteiger partial charge is 0.336 e. The van der Waals surface area contributed by atoms with Crippen molar-refractivity contribution < 1.29 is 9.72 Å². The van der Waals surface area contributed by atoms with E-state index in [2.05, 4.69) is 20.8 Å². The normalized spacial score (nSPS) is 22.1. The van der Waals surface area contributed by atoms with Crippen LogP contribution >= 0.6 is 15.9 Å². The molecular formula is C14H16BrN3O3. The number of nitro benzene ring substituents is 1. The van der Waals surface area contributed by atoms with Crippen LogP contribution in [0, 0.1) is 10.1 Å². The van der Waals surface area contributed by atoms with E-state index in [0.717, 1.165) is 26.1 Å². The van der Waals surface area contributed by atoms with Crippen LogP contribution in [0.2, 0.25) is 0 Å². The Morgan fingerprint density at radius 3 is 2.90 bits per heavy atom. The highest BCUT2D eigenvalue weighted by molar-refractivity contribution is 9.10. The maximum atomic E-state index is 12.5. The molecule has 21 heavy (non-hydrogen) atoms. The number of nitrogens with zero attached hydrogens (tertiary/aromatic N) is 3. The second-order valence-electron chi connectivity index (χ2n) is 5.51. The van der Waals surface area contributed by atoms with Crippen molar-refractivity contribution in [2.75, 3.05) is 26.2 Å². The molecule has 0 spiro atoms. The number of carbonyl (C=O) groups excluding carboxylic acids is 1. The Kier molecular flexibility index (Phi) is 3.95. The average Bonchev–Trinajstić information content (AvgIpc) is 2.94. The first-order valence-corrected chi connectivity index (χ1v) is 7.83. The van der Waals surface area contributed by atoms with E-state index < -0.39 is 4.92 Å². The summed E-state index contributed by atoms with van der Waals surface area (Å²) >= 11 is 3.14. The van der Waals surface area contributed by atoms with Gasteiger partial charge in [-0.05, 0) is 47.4 Å². The van der Waals surface area contributed by atoms with Crippen LogP contribution in [-0.4, -0.2) is 52.9 Å². The molecule has 0 N–H and O–H groups in total. The zero-order chi connectivity index (χ0) is 15.0. The fraction of sp³-hybridized carbons (Fsp3) is 0.500. The van der Waals surface area contributed by atoms with Crippen molar-refractivity contribution in [1.29, 1.82) is 0 Å². The first-order valence-electron chi connectivity index (χ1n) is 7.03. The number of fused-ring (bicyclic) bond motifs is 1. The smallest absolute Gasteiger partial charge is 0.284 e. The van der Waals surface area contributed by atoms with Crippen LogP contribution in [0.4, 0.5) is 5.69 Å². The summed E-state index contributed by atoms with van der Waals surface area (Å²) in [4.78, 5) is 27.3. The average molecular weight is 354 g/mol. The van der Waals surface area contributed by atoms with Crippen LogP contribution in [0.15, 0.2) is 22.7 Å². The van der Waals surface area contributed by atoms with Gasteiger partial charge in [0.15, 0.2) is 0 Å². The topological polar surface area (TPSA) is 66.7 Å². The number of rotatable bonds is 2. The Balaban J connectivity index is 1.79. The number of carbonyl (C=O) groups is 1. The molecule has 7 heteroatoms. The van der Waals surface area contributed by atoms with Gasteiger partial charge in [-0.1, -0.05) is 0 Å². The summed E-state index contributed by atoms with van der Waals surface area (Å²) in [5.74, 6) is -0.114. The third-order valence-corrected chi connectivity index (χ3v) is 4.93. The summed E-state index contributed by atoms with van der Waals surface area (Å²) in [5, 5.41) is 11.0. The molecule has 1 aromatic rings. The lowest BCUT2D eigenvalue weighted by molar-refractivity contribution is -0.385. The SMILES string of the molecule is O=C(c1ccc(Br)c([N+](=O)[O-])c1)N1CCN2CCCC2C1. The van der Waals surface area contributed by atoms with Crippen LogP contribution in [0.5, 0.6) is 0 Å². The van der Waals surface area contributed by atoms with Gasteiger partial charge in [0.25, 0.3) is 11.6 Å². The lowest BCUT2D eigenvalue weighted by Gasteiger charge is -2.37. The number of nitro groups is 1. The van der Waals surface area contributed by atoms with Crippen LogP contribution in [0.3, 0.4) is 0 Å². The Morgan fingerprint density at radius 2 is 2.14 bits per heavy atom. The quantitative estimate of drug-likeness (QED) is 0.604. The van der Waals surface area contributed by atoms with Gasteiger partial charge in [-0.2, -0.15) is 0 Å². The summed E-state index contributed by atoms with van der Waals surface area (Å²) < 4.78 is 0.393. The maximum Gasteiger partial charge on any atom is 0.284 e. The fourth-order valence-corrected chi connectivity index (χ4v) is 3.54. The summed E-state index contributed by atoms with van der Waals surface area (Å²) in [6.45, 7) is 3.44. The first-order chi connectivity index (χ1) is 10.1. The van der Waals surface area contributed by atoms with E-state index in [1.54, 1.807) is 12.1 Å². The summed E-state index contributed by atoms with van der Waals surface area (Å²) in [7, 11) is 0. The molecule has 2 aliphatic rings. The molecule has 1 amide bonds. The van der Waals surface area contributed by atoms with Gasteiger partial charge < -0.3 is 4.90 Å². The number of hydrogen-bond donors (Lipinski definition) is 0. The van der Waals surface area contributed by atoms with E-state index in [1.165, 1.54) is 12.5 Å². The Labute approximate surface area is 131 Å². The van der Waals surface area contributed by atoms with Gasteiger partial charge in [0.1, 0.15) is 0 Å². The van der Waals surface area contributed by atoms with Gasteiger partial charge >= 0.3 is 0 Å². The van der Waals surface area contributed by atoms with Crippen molar-refractivity contribution in [3.8, 4) is 0 Å². The molecule has 1 atom stereocenters. The molecule has 112 valence electrons. The molecular weight excluding hydrogens is 338 g/mol. The molecule has 0 aromatic heterocycles. The van der Waals surface area contributed by atoms with Gasteiger partial charge in [-0.25, -0.2) is 0 Å². The third kappa shape index (κ3) is 2.80. The lowest BCUT2D eigenvalue weighted by Crippen LogP contribution is -2.52. The Bertz CT molecular complexity index is 593. The predicted molar refractivity (Wildman–Crippen MR) is 81.3 cm³/mol. The van der Waals surface area contributed by atoms with Crippen LogP contribution < -0.4 is 0 Å². The standard InChI is InChI=1S/C14H16BrN3O3/c15-12-4-3-10(8-13(12)18(20)21)14(19)17-7-6-16-5-1-2-11(16)9-17/h3-4,8,11H,1-2,5-7,9H2. The molecule has 1 unspecified atom stereocenters. The molecule has 3 rings (SSSR count). The van der Waals surface area contributed by atoms with Gasteiger partial charge in [-0.3, -0.25) is 19.8 Å². The minimum Gasteiger partial charge on any atom is -0.336 e. The highest BCUT2D eigenvalue weighted by Gasteiger charge is 2.33. The van der Waals surface area contributed by atoms with E-state index in [1.807, 2.05) is 4.90 Å². The minimum absolute atomic E-state index is 0.0691. The highest BCUT2D eigenvalue weighted by atomic mass is 79.9. The molecule has 2 saturated heterocycles. The molecule has 6 nitrogen and oxygen atoms in total. The zero-order valence-electron chi connectivity index (χ0n) is 11.5. The molecule has 0 saturated carbocycles. The van der Waals surface area contributed by atoms with Crippen LogP contribution in [-0.2, 0) is 0 Å². The minimum atomic E-state index is -0.476. The van der Waals surface area contributed by atoms with Gasteiger partial charge in [0, 0.05) is 37.3 Å². The van der Waals surface area contributed by atoms with Gasteiger partial charge in [0.05, 0.1) is 9.40 Å². The predicted octanol–water partition coefficient (Wildman–Crippen LogP) is 2.28. The van der Waals surface area contributed by atoms with Crippen molar-refractivity contribution in [2.24, 2.45) is 0 Å². The zero-order valence-corrected chi connectivity index (χ0v) is 13.1. The van der Waals surface area contributed by atoms with Crippen molar-refractivity contribution in [1.82, 2.24) is 9.80 Å². The highest BCUT2D eigenvalue weighted by Crippen LogP contribution is 2.27. The molecule has 1 aromatic carbocycles. The number of halogens is 1. The number of amides is 1. The van der Waals surface area contributed by atoms with E-state index in [0.29, 0.717) is 22.6 Å². The second-order valence-corrected chi connectivity index (χ2v) is 6.36. The summed E-state index contributed by atoms with van der Waals surface area (Å²) in [6, 6.07) is 5.01. The molecule has 0 aliphatic carbocycles. The van der Waals surface area contributed by atoms with Crippen molar-refractivity contribution in [3.63, 3.8) is 0 Å². The number of hydrogen-bond acceptors (Lipinski definition) is 4. The van der Waals surface area contributed by atoms with Crippen molar-refractivity contribution in [2.45, 2.75) is 18.9 Å². The van der Waals surface area contributed by atoms with E-state index in [-0.39, 0.29) is 11.6 Å². The molecule has 0 bridgehead atoms. The second kappa shape index (κ2) is 5.73. The lowest BCUT2D eigenvalue weighted by atomic mass is 10.1. The van der Waals surface area contributed by atoms with Crippen molar-refractivity contribution in [3.05, 3.63) is 38.3 Å². The van der Waals surface area contributed by atoms with Crippen molar-refractivity contribution >= 4 is 27.5 Å². The number of benzene rings is 1. The fourth-order valence-electron chi connectivity index (χ4n) is 3.14. The molecule has 2 heterocycles. The Morgan fingerprint density at radius 1 is 1.33 bits per heavy atom. The van der Waals surface area contributed by atoms with Gasteiger partial charge in [-0.15, -0.1) is 0 Å². The Hall–Kier alpha value is -1.47. The van der Waals surface area contributed by atoms with Crippen LogP contribution in [0.25, 0.3) is 0 Å². The first kappa shape index (κ1) is 14.5.